The second-order valence-corrected chi connectivity index (χ2v) is 14.8. The zero-order valence-corrected chi connectivity index (χ0v) is 30.8. The molecule has 3 aliphatic rings. The third kappa shape index (κ3) is 8.62. The minimum Gasteiger partial charge on any atom is -0.756 e. The van der Waals surface area contributed by atoms with Crippen LogP contribution in [0.15, 0.2) is 30.9 Å². The number of rotatable bonds is 12. The van der Waals surface area contributed by atoms with Gasteiger partial charge in [0.25, 0.3) is 27.8 Å². The molecule has 0 saturated carbocycles. The third-order valence-corrected chi connectivity index (χ3v) is 11.0. The molecule has 0 aliphatic carbocycles. The van der Waals surface area contributed by atoms with Crippen LogP contribution in [0.25, 0.3) is 11.2 Å². The van der Waals surface area contributed by atoms with Crippen molar-refractivity contribution in [3.63, 3.8) is 0 Å². The molecule has 8 N–H and O–H groups in total. The smallest absolute Gasteiger partial charge is 0.756 e. The van der Waals surface area contributed by atoms with E-state index in [4.69, 9.17) is 20.9 Å². The number of anilines is 2. The summed E-state index contributed by atoms with van der Waals surface area (Å²) >= 11 is 0. The van der Waals surface area contributed by atoms with Gasteiger partial charge in [-0.05, 0) is 25.3 Å². The summed E-state index contributed by atoms with van der Waals surface area (Å²) in [6.07, 6.45) is -5.76. The molecule has 0 bridgehead atoms. The minimum atomic E-state index is -5.72. The summed E-state index contributed by atoms with van der Waals surface area (Å²) in [7, 11) is -11.4. The number of amides is 1. The maximum atomic E-state index is 12.5. The largest absolute Gasteiger partial charge is 1.00 e. The number of nitrogens with two attached hydrogens (primary N) is 2. The van der Waals surface area contributed by atoms with Crippen molar-refractivity contribution < 1.29 is 101 Å². The number of carbonyl (C=O) groups excluding carboxylic acids is 1. The van der Waals surface area contributed by atoms with E-state index in [1.807, 2.05) is 4.90 Å². The number of nitrogens with zero attached hydrogens (tertiary/aromatic N) is 6. The van der Waals surface area contributed by atoms with Gasteiger partial charge < -0.3 is 65.1 Å². The molecule has 25 heteroatoms. The Morgan fingerprint density at radius 1 is 0.980 bits per heavy atom. The number of nitrogen functional groups attached to an aromatic ring is 1. The van der Waals surface area contributed by atoms with E-state index in [0.717, 1.165) is 19.3 Å². The van der Waals surface area contributed by atoms with E-state index >= 15 is 0 Å². The van der Waals surface area contributed by atoms with Crippen LogP contribution >= 0.6 is 15.6 Å². The summed E-state index contributed by atoms with van der Waals surface area (Å²) in [5.41, 5.74) is 11.7. The molecule has 3 saturated heterocycles. The third-order valence-electron chi connectivity index (χ3n) is 8.45. The first-order valence-corrected chi connectivity index (χ1v) is 18.3. The summed E-state index contributed by atoms with van der Waals surface area (Å²) in [4.78, 5) is 51.1. The van der Waals surface area contributed by atoms with E-state index in [-0.39, 0.29) is 52.1 Å². The van der Waals surface area contributed by atoms with Crippen molar-refractivity contribution in [1.29, 1.82) is 0 Å². The molecule has 0 spiro atoms. The number of imidazole rings is 1. The Labute approximate surface area is 311 Å². The van der Waals surface area contributed by atoms with E-state index in [0.29, 0.717) is 19.0 Å². The van der Waals surface area contributed by atoms with E-state index < -0.39 is 83.8 Å². The quantitative estimate of drug-likeness (QED) is 0.0567. The van der Waals surface area contributed by atoms with E-state index in [1.165, 1.54) is 40.0 Å². The first-order chi connectivity index (χ1) is 23.7. The van der Waals surface area contributed by atoms with Gasteiger partial charge in [0.15, 0.2) is 41.7 Å². The van der Waals surface area contributed by atoms with E-state index in [2.05, 4.69) is 28.3 Å². The van der Waals surface area contributed by atoms with Crippen molar-refractivity contribution in [3.05, 3.63) is 36.4 Å². The molecule has 6 rings (SSSR count). The number of hydrogen-bond donors (Lipinski definition) is 6. The van der Waals surface area contributed by atoms with Crippen LogP contribution in [0.3, 0.4) is 0 Å². The summed E-state index contributed by atoms with van der Waals surface area (Å²) < 4.78 is 52.3. The molecule has 10 atom stereocenters. The maximum absolute atomic E-state index is 12.5. The Morgan fingerprint density at radius 2 is 1.61 bits per heavy atom. The Hall–Kier alpha value is -2.21. The van der Waals surface area contributed by atoms with Gasteiger partial charge in [-0.15, -0.1) is 0 Å². The molecular weight excluding hydrogens is 733 g/mol. The monoisotopic (exact) mass is 768 g/mol. The minimum absolute atomic E-state index is 0. The van der Waals surface area contributed by atoms with Crippen LogP contribution in [-0.2, 0) is 32.0 Å². The topological polar surface area (TPSA) is 327 Å². The van der Waals surface area contributed by atoms with Crippen molar-refractivity contribution in [2.24, 2.45) is 5.73 Å². The second-order valence-electron chi connectivity index (χ2n) is 11.8. The van der Waals surface area contributed by atoms with Crippen molar-refractivity contribution in [2.75, 3.05) is 36.9 Å². The van der Waals surface area contributed by atoms with Crippen molar-refractivity contribution in [2.45, 2.75) is 68.3 Å². The van der Waals surface area contributed by atoms with Gasteiger partial charge in [0.1, 0.15) is 42.4 Å². The molecule has 6 heterocycles. The fourth-order valence-electron chi connectivity index (χ4n) is 5.96. The number of ether oxygens (including phenoxy) is 2. The standard InChI is InChI=1S/C26H36N8O14P2.Na/c27-21-16-23(30-12-29-21)34(26(31-16)32-6-2-1-3-7-32)25-20(38)18(36)15(47-25)11-45-50(42,43)48-49(40,41)44-10-14-17(35)19(37)24(46-14)33-8-4-5-13(9-33)22(28)39;/h4-5,8-9,12,14-15,17-20,24-25,35-38H,1-3,6-7,10-11H2,(H5-,27,28,29,30,39,40,41,42,43);/q;+1/p-1/t14-,15-,17-,18-,19-,20-,24-,25-;/m1./s1. The van der Waals surface area contributed by atoms with Crippen LogP contribution in [0, 0.1) is 0 Å². The van der Waals surface area contributed by atoms with Gasteiger partial charge >= 0.3 is 29.6 Å². The molecule has 0 aromatic carbocycles. The Balaban J connectivity index is 0.00000504. The van der Waals surface area contributed by atoms with Crippen LogP contribution in [0.2, 0.25) is 0 Å². The summed E-state index contributed by atoms with van der Waals surface area (Å²) in [6.45, 7) is -0.729. The molecule has 2 unspecified atom stereocenters. The van der Waals surface area contributed by atoms with Gasteiger partial charge in [0, 0.05) is 19.2 Å². The number of aliphatic hydroxyl groups is 4. The number of piperidine rings is 1. The van der Waals surface area contributed by atoms with Crippen molar-refractivity contribution in [1.82, 2.24) is 19.5 Å². The van der Waals surface area contributed by atoms with Crippen molar-refractivity contribution in [3.8, 4) is 0 Å². The summed E-state index contributed by atoms with van der Waals surface area (Å²) in [5.74, 6) is -0.382. The predicted molar refractivity (Wildman–Crippen MR) is 161 cm³/mol. The second kappa shape index (κ2) is 16.0. The van der Waals surface area contributed by atoms with Crippen molar-refractivity contribution >= 4 is 44.5 Å². The number of aromatic nitrogens is 5. The first-order valence-electron chi connectivity index (χ1n) is 15.4. The Morgan fingerprint density at radius 3 is 2.25 bits per heavy atom. The summed E-state index contributed by atoms with van der Waals surface area (Å²) in [5, 5.41) is 42.6. The molecule has 3 aliphatic heterocycles. The van der Waals surface area contributed by atoms with Gasteiger partial charge in [0.2, 0.25) is 5.95 Å². The number of aliphatic hydroxyl groups excluding tert-OH is 4. The fraction of sp³-hybridized carbons (Fsp3) is 0.577. The molecule has 3 aromatic heterocycles. The van der Waals surface area contributed by atoms with Gasteiger partial charge in [0.05, 0.1) is 13.2 Å². The average Bonchev–Trinajstić information content (AvgIpc) is 3.70. The van der Waals surface area contributed by atoms with E-state index in [9.17, 15) is 44.1 Å². The number of primary amides is 1. The number of fused-ring (bicyclic) bond motifs is 1. The maximum Gasteiger partial charge on any atom is 1.00 e. The Bertz CT molecular complexity index is 1820. The normalized spacial score (nSPS) is 30.5. The number of pyridine rings is 1. The predicted octanol–water partition coefficient (Wildman–Crippen LogP) is -6.29. The van der Waals surface area contributed by atoms with Crippen LogP contribution in [0.4, 0.5) is 11.8 Å². The van der Waals surface area contributed by atoms with Crippen LogP contribution in [0.5, 0.6) is 0 Å². The first kappa shape index (κ1) is 40.0. The van der Waals surface area contributed by atoms with Crippen LogP contribution in [-0.4, -0.2) is 109 Å². The number of hydrogen-bond acceptors (Lipinski definition) is 19. The Kier molecular flexibility index (Phi) is 12.6. The molecule has 3 fully saturated rings. The molecule has 22 nitrogen and oxygen atoms in total. The zero-order chi connectivity index (χ0) is 36.0. The van der Waals surface area contributed by atoms with Gasteiger partial charge in [-0.3, -0.25) is 18.5 Å². The molecule has 0 radical (unpaired) electrons. The zero-order valence-electron chi connectivity index (χ0n) is 27.1. The molecule has 51 heavy (non-hydrogen) atoms. The van der Waals surface area contributed by atoms with Gasteiger partial charge in [-0.2, -0.15) is 4.57 Å². The number of phosphoric ester groups is 2. The van der Waals surface area contributed by atoms with Crippen LogP contribution < -0.4 is 60.3 Å². The SMILES string of the molecule is NC(=O)c1ccc[n+]([C@@H]2O[C@H](COP(=O)([O-])OP(=O)([O-])OC[C@H]3O[C@@H](n4c(N5CCCCC5)nc5c(N)ncnc54)[C@H](O)[C@@H]3O)[C@@H](O)[C@H]2O)c1.[Na+]. The summed E-state index contributed by atoms with van der Waals surface area (Å²) in [6, 6.07) is 2.82. The molecule has 3 aromatic rings. The van der Waals surface area contributed by atoms with Gasteiger partial charge in [-0.25, -0.2) is 19.3 Å². The molecule has 1 amide bonds. The molecule has 274 valence electrons. The fourth-order valence-corrected chi connectivity index (χ4v) is 7.97. The average molecular weight is 769 g/mol. The van der Waals surface area contributed by atoms with Crippen LogP contribution in [0.1, 0.15) is 42.1 Å². The molecular formula is C26H35N8NaO14P2. The number of carbonyl (C=O) groups is 1. The van der Waals surface area contributed by atoms with Gasteiger partial charge in [-0.1, -0.05) is 0 Å². The number of phosphoric acid groups is 2. The van der Waals surface area contributed by atoms with E-state index in [1.54, 1.807) is 0 Å².